The molecule has 0 radical (unpaired) electrons. The van der Waals surface area contributed by atoms with Crippen molar-refractivity contribution in [2.45, 2.75) is 33.1 Å². The molecule has 0 aromatic carbocycles. The summed E-state index contributed by atoms with van der Waals surface area (Å²) in [4.78, 5) is 22.2. The van der Waals surface area contributed by atoms with Gasteiger partial charge in [0.1, 0.15) is 0 Å². The van der Waals surface area contributed by atoms with Crippen LogP contribution >= 0.6 is 0 Å². The van der Waals surface area contributed by atoms with E-state index in [0.29, 0.717) is 0 Å². The van der Waals surface area contributed by atoms with Crippen LogP contribution in [0.4, 0.5) is 0 Å². The maximum Gasteiger partial charge on any atom is 0.306 e. The number of methoxy groups -OCH3 is 2. The van der Waals surface area contributed by atoms with Gasteiger partial charge in [-0.2, -0.15) is 0 Å². The van der Waals surface area contributed by atoms with Crippen molar-refractivity contribution in [2.75, 3.05) is 14.2 Å². The largest absolute Gasteiger partial charge is 0.469 e. The second-order valence-corrected chi connectivity index (χ2v) is 3.67. The lowest BCUT2D eigenvalue weighted by Gasteiger charge is -2.25. The van der Waals surface area contributed by atoms with Crippen LogP contribution < -0.4 is 0 Å². The summed E-state index contributed by atoms with van der Waals surface area (Å²) in [6, 6.07) is 0. The number of ether oxygens (including phenoxy) is 2. The number of hydrogen-bond acceptors (Lipinski definition) is 4. The first-order chi connectivity index (χ1) is 6.47. The first-order valence-electron chi connectivity index (χ1n) is 4.61. The standard InChI is InChI=1S/C10H18O4/c1-5-10(2,6-8(11)13-3)7-9(12)14-4/h5-7H2,1-4H3. The lowest BCUT2D eigenvalue weighted by molar-refractivity contribution is -0.147. The van der Waals surface area contributed by atoms with E-state index < -0.39 is 0 Å². The third kappa shape index (κ3) is 4.25. The summed E-state index contributed by atoms with van der Waals surface area (Å²) in [7, 11) is 2.69. The molecule has 0 saturated heterocycles. The lowest BCUT2D eigenvalue weighted by atomic mass is 9.81. The minimum absolute atomic E-state index is 0.245. The Morgan fingerprint density at radius 1 is 1.07 bits per heavy atom. The van der Waals surface area contributed by atoms with Crippen molar-refractivity contribution in [3.05, 3.63) is 0 Å². The Bertz CT molecular complexity index is 192. The van der Waals surface area contributed by atoms with Crippen LogP contribution in [0.15, 0.2) is 0 Å². The van der Waals surface area contributed by atoms with Crippen LogP contribution in [0.25, 0.3) is 0 Å². The van der Waals surface area contributed by atoms with Crippen molar-refractivity contribution in [2.24, 2.45) is 5.41 Å². The van der Waals surface area contributed by atoms with E-state index in [1.807, 2.05) is 13.8 Å². The van der Waals surface area contributed by atoms with E-state index in [-0.39, 0.29) is 30.2 Å². The van der Waals surface area contributed by atoms with E-state index in [2.05, 4.69) is 9.47 Å². The Balaban J connectivity index is 4.31. The van der Waals surface area contributed by atoms with E-state index in [1.54, 1.807) is 0 Å². The van der Waals surface area contributed by atoms with Gasteiger partial charge in [-0.25, -0.2) is 0 Å². The highest BCUT2D eigenvalue weighted by atomic mass is 16.5. The van der Waals surface area contributed by atoms with Crippen LogP contribution in [0.2, 0.25) is 0 Å². The molecule has 0 amide bonds. The van der Waals surface area contributed by atoms with Gasteiger partial charge in [0.15, 0.2) is 0 Å². The van der Waals surface area contributed by atoms with Gasteiger partial charge in [-0.05, 0) is 11.8 Å². The van der Waals surface area contributed by atoms with Gasteiger partial charge in [0.25, 0.3) is 0 Å². The van der Waals surface area contributed by atoms with Gasteiger partial charge in [-0.1, -0.05) is 13.8 Å². The highest BCUT2D eigenvalue weighted by Gasteiger charge is 2.29. The quantitative estimate of drug-likeness (QED) is 0.634. The van der Waals surface area contributed by atoms with E-state index in [9.17, 15) is 9.59 Å². The molecule has 0 fully saturated rings. The summed E-state index contributed by atoms with van der Waals surface area (Å²) in [5.41, 5.74) is -0.361. The number of hydrogen-bond donors (Lipinski definition) is 0. The second-order valence-electron chi connectivity index (χ2n) is 3.67. The summed E-state index contributed by atoms with van der Waals surface area (Å²) in [5.74, 6) is -0.587. The van der Waals surface area contributed by atoms with E-state index in [4.69, 9.17) is 0 Å². The van der Waals surface area contributed by atoms with Gasteiger partial charge in [-0.3, -0.25) is 9.59 Å². The molecule has 0 aromatic rings. The molecule has 0 bridgehead atoms. The molecule has 0 aliphatic rings. The van der Waals surface area contributed by atoms with Crippen molar-refractivity contribution < 1.29 is 19.1 Å². The van der Waals surface area contributed by atoms with Crippen molar-refractivity contribution in [1.29, 1.82) is 0 Å². The van der Waals surface area contributed by atoms with E-state index in [1.165, 1.54) is 14.2 Å². The second kappa shape index (κ2) is 5.62. The predicted molar refractivity (Wildman–Crippen MR) is 51.7 cm³/mol. The number of esters is 2. The molecule has 4 heteroatoms. The summed E-state index contributed by atoms with van der Waals surface area (Å²) < 4.78 is 9.14. The Kier molecular flexibility index (Phi) is 5.20. The Labute approximate surface area is 84.6 Å². The number of rotatable bonds is 5. The molecule has 0 spiro atoms. The van der Waals surface area contributed by atoms with Gasteiger partial charge in [0.05, 0.1) is 27.1 Å². The molecule has 0 aromatic heterocycles. The first-order valence-corrected chi connectivity index (χ1v) is 4.61. The normalized spacial score (nSPS) is 10.9. The van der Waals surface area contributed by atoms with Crippen molar-refractivity contribution in [3.63, 3.8) is 0 Å². The highest BCUT2D eigenvalue weighted by Crippen LogP contribution is 2.30. The molecule has 82 valence electrons. The first kappa shape index (κ1) is 12.9. The molecule has 0 saturated carbocycles. The van der Waals surface area contributed by atoms with Gasteiger partial charge in [0, 0.05) is 0 Å². The average molecular weight is 202 g/mol. The molecule has 0 aliphatic carbocycles. The molecule has 0 unspecified atom stereocenters. The smallest absolute Gasteiger partial charge is 0.306 e. The lowest BCUT2D eigenvalue weighted by Crippen LogP contribution is -2.25. The fraction of sp³-hybridized carbons (Fsp3) is 0.800. The van der Waals surface area contributed by atoms with Crippen LogP contribution in [0.3, 0.4) is 0 Å². The van der Waals surface area contributed by atoms with Crippen LogP contribution in [-0.4, -0.2) is 26.2 Å². The van der Waals surface area contributed by atoms with Crippen LogP contribution in [-0.2, 0) is 19.1 Å². The molecular weight excluding hydrogens is 184 g/mol. The molecule has 0 atom stereocenters. The van der Waals surface area contributed by atoms with Crippen LogP contribution in [0.5, 0.6) is 0 Å². The van der Waals surface area contributed by atoms with Crippen LogP contribution in [0.1, 0.15) is 33.1 Å². The summed E-state index contributed by atoms with van der Waals surface area (Å²) >= 11 is 0. The van der Waals surface area contributed by atoms with Gasteiger partial charge >= 0.3 is 11.9 Å². The molecule has 0 N–H and O–H groups in total. The fourth-order valence-electron chi connectivity index (χ4n) is 1.15. The highest BCUT2D eigenvalue weighted by molar-refractivity contribution is 5.74. The number of carbonyl (C=O) groups is 2. The zero-order valence-electron chi connectivity index (χ0n) is 9.25. The van der Waals surface area contributed by atoms with Gasteiger partial charge < -0.3 is 9.47 Å². The summed E-state index contributed by atoms with van der Waals surface area (Å²) in [5, 5.41) is 0. The SMILES string of the molecule is CCC(C)(CC(=O)OC)CC(=O)OC. The maximum atomic E-state index is 11.1. The van der Waals surface area contributed by atoms with Gasteiger partial charge in [0.2, 0.25) is 0 Å². The Morgan fingerprint density at radius 3 is 1.64 bits per heavy atom. The zero-order valence-corrected chi connectivity index (χ0v) is 9.25. The van der Waals surface area contributed by atoms with Gasteiger partial charge in [-0.15, -0.1) is 0 Å². The van der Waals surface area contributed by atoms with Crippen molar-refractivity contribution in [3.8, 4) is 0 Å². The molecule has 0 heterocycles. The maximum absolute atomic E-state index is 11.1. The third-order valence-electron chi connectivity index (χ3n) is 2.45. The van der Waals surface area contributed by atoms with Crippen molar-refractivity contribution in [1.82, 2.24) is 0 Å². The van der Waals surface area contributed by atoms with Crippen molar-refractivity contribution >= 4 is 11.9 Å². The van der Waals surface area contributed by atoms with Crippen LogP contribution in [0, 0.1) is 5.41 Å². The number of carbonyl (C=O) groups excluding carboxylic acids is 2. The molecule has 0 rings (SSSR count). The fourth-order valence-corrected chi connectivity index (χ4v) is 1.15. The Hall–Kier alpha value is -1.06. The third-order valence-corrected chi connectivity index (χ3v) is 2.45. The summed E-state index contributed by atoms with van der Waals surface area (Å²) in [6.45, 7) is 3.81. The minimum Gasteiger partial charge on any atom is -0.469 e. The molecular formula is C10H18O4. The molecule has 4 nitrogen and oxygen atoms in total. The predicted octanol–water partition coefficient (Wildman–Crippen LogP) is 1.53. The topological polar surface area (TPSA) is 52.6 Å². The summed E-state index contributed by atoms with van der Waals surface area (Å²) in [6.07, 6.45) is 1.22. The monoisotopic (exact) mass is 202 g/mol. The van der Waals surface area contributed by atoms with E-state index >= 15 is 0 Å². The average Bonchev–Trinajstić information content (AvgIpc) is 2.17. The molecule has 0 aliphatic heterocycles. The zero-order chi connectivity index (χ0) is 11.2. The molecule has 14 heavy (non-hydrogen) atoms. The Morgan fingerprint density at radius 2 is 1.43 bits per heavy atom. The van der Waals surface area contributed by atoms with E-state index in [0.717, 1.165) is 6.42 Å². The minimum atomic E-state index is -0.361.